The Hall–Kier alpha value is -1.11. The van der Waals surface area contributed by atoms with Crippen LogP contribution in [0.25, 0.3) is 11.1 Å². The molecule has 0 atom stereocenters. The lowest BCUT2D eigenvalue weighted by atomic mass is 10.0. The van der Waals surface area contributed by atoms with Gasteiger partial charge in [0.15, 0.2) is 0 Å². The van der Waals surface area contributed by atoms with Crippen molar-refractivity contribution in [2.24, 2.45) is 0 Å². The number of nitriles is 1. The molecule has 2 aromatic carbocycles. The molecule has 0 aromatic heterocycles. The van der Waals surface area contributed by atoms with Crippen molar-refractivity contribution < 1.29 is 0 Å². The molecule has 0 unspecified atom stereocenters. The summed E-state index contributed by atoms with van der Waals surface area (Å²) in [5.41, 5.74) is 2.84. The molecule has 0 N–H and O–H groups in total. The van der Waals surface area contributed by atoms with E-state index in [-0.39, 0.29) is 0 Å². The van der Waals surface area contributed by atoms with Crippen molar-refractivity contribution in [1.29, 1.82) is 5.26 Å². The van der Waals surface area contributed by atoms with Crippen LogP contribution in [0.2, 0.25) is 0 Å². The smallest absolute Gasteiger partial charge is 0.102 e. The summed E-state index contributed by atoms with van der Waals surface area (Å²) in [4.78, 5) is 0. The third-order valence-electron chi connectivity index (χ3n) is 2.26. The van der Waals surface area contributed by atoms with E-state index in [1.165, 1.54) is 0 Å². The number of nitrogens with zero attached hydrogens (tertiary/aromatic N) is 1. The normalized spacial score (nSPS) is 9.81. The van der Waals surface area contributed by atoms with Crippen LogP contribution in [0.5, 0.6) is 0 Å². The Morgan fingerprint density at radius 1 is 0.875 bits per heavy atom. The van der Waals surface area contributed by atoms with Crippen LogP contribution in [-0.2, 0) is 0 Å². The van der Waals surface area contributed by atoms with Crippen molar-refractivity contribution >= 4 is 31.9 Å². The van der Waals surface area contributed by atoms with Gasteiger partial charge in [0, 0.05) is 8.95 Å². The number of rotatable bonds is 1. The molecule has 0 saturated carbocycles. The lowest BCUT2D eigenvalue weighted by Crippen LogP contribution is -1.84. The van der Waals surface area contributed by atoms with Crippen LogP contribution in [0.1, 0.15) is 5.56 Å². The first kappa shape index (κ1) is 11.4. The average molecular weight is 337 g/mol. The second kappa shape index (κ2) is 4.82. The fraction of sp³-hybridized carbons (Fsp3) is 0. The molecule has 2 aromatic rings. The second-order valence-corrected chi connectivity index (χ2v) is 5.00. The van der Waals surface area contributed by atoms with Crippen LogP contribution < -0.4 is 0 Å². The summed E-state index contributed by atoms with van der Waals surface area (Å²) in [6.45, 7) is 0. The van der Waals surface area contributed by atoms with Crippen LogP contribution in [0.15, 0.2) is 51.4 Å². The van der Waals surface area contributed by atoms with Gasteiger partial charge in [-0.3, -0.25) is 0 Å². The largest absolute Gasteiger partial charge is 0.192 e. The maximum Gasteiger partial charge on any atom is 0.102 e. The van der Waals surface area contributed by atoms with Gasteiger partial charge < -0.3 is 0 Å². The standard InChI is InChI=1S/C13H7Br2N/c14-12-6-10(7-13(15)11(12)8-16)9-4-2-1-3-5-9/h1-7H. The van der Waals surface area contributed by atoms with Crippen molar-refractivity contribution in [3.63, 3.8) is 0 Å². The molecule has 0 heterocycles. The van der Waals surface area contributed by atoms with E-state index in [9.17, 15) is 0 Å². The molecule has 1 nitrogen and oxygen atoms in total. The average Bonchev–Trinajstić information content (AvgIpc) is 2.30. The predicted molar refractivity (Wildman–Crippen MR) is 72.0 cm³/mol. The number of halogens is 2. The summed E-state index contributed by atoms with van der Waals surface area (Å²) in [5.74, 6) is 0. The highest BCUT2D eigenvalue weighted by Crippen LogP contribution is 2.31. The Morgan fingerprint density at radius 3 is 1.94 bits per heavy atom. The predicted octanol–water partition coefficient (Wildman–Crippen LogP) is 4.75. The minimum absolute atomic E-state index is 0.625. The minimum Gasteiger partial charge on any atom is -0.192 e. The molecule has 0 saturated heterocycles. The van der Waals surface area contributed by atoms with Crippen LogP contribution >= 0.6 is 31.9 Å². The summed E-state index contributed by atoms with van der Waals surface area (Å²) in [6, 6.07) is 16.1. The van der Waals surface area contributed by atoms with E-state index in [4.69, 9.17) is 5.26 Å². The van der Waals surface area contributed by atoms with Crippen molar-refractivity contribution in [3.05, 3.63) is 57.0 Å². The van der Waals surface area contributed by atoms with E-state index >= 15 is 0 Å². The maximum atomic E-state index is 8.95. The Bertz CT molecular complexity index is 533. The number of benzene rings is 2. The van der Waals surface area contributed by atoms with Crippen molar-refractivity contribution in [1.82, 2.24) is 0 Å². The van der Waals surface area contributed by atoms with E-state index in [1.807, 2.05) is 42.5 Å². The molecule has 0 aliphatic heterocycles. The van der Waals surface area contributed by atoms with Gasteiger partial charge in [-0.1, -0.05) is 30.3 Å². The molecule has 0 radical (unpaired) electrons. The quantitative estimate of drug-likeness (QED) is 0.737. The zero-order chi connectivity index (χ0) is 11.5. The van der Waals surface area contributed by atoms with Gasteiger partial charge in [-0.2, -0.15) is 5.26 Å². The molecule has 3 heteroatoms. The first-order chi connectivity index (χ1) is 7.72. The van der Waals surface area contributed by atoms with E-state index in [0.29, 0.717) is 5.56 Å². The molecule has 78 valence electrons. The summed E-state index contributed by atoms with van der Waals surface area (Å²) in [7, 11) is 0. The Kier molecular flexibility index (Phi) is 3.42. The van der Waals surface area contributed by atoms with Crippen LogP contribution in [0, 0.1) is 11.3 Å². The monoisotopic (exact) mass is 335 g/mol. The Morgan fingerprint density at radius 2 is 1.44 bits per heavy atom. The van der Waals surface area contributed by atoms with Gasteiger partial charge in [0.1, 0.15) is 6.07 Å². The van der Waals surface area contributed by atoms with Gasteiger partial charge in [0.2, 0.25) is 0 Å². The third-order valence-corrected chi connectivity index (χ3v) is 3.51. The topological polar surface area (TPSA) is 23.8 Å². The SMILES string of the molecule is N#Cc1c(Br)cc(-c2ccccc2)cc1Br. The first-order valence-electron chi connectivity index (χ1n) is 4.67. The molecule has 2 rings (SSSR count). The van der Waals surface area contributed by atoms with E-state index < -0.39 is 0 Å². The molecule has 0 bridgehead atoms. The van der Waals surface area contributed by atoms with Gasteiger partial charge in [0.05, 0.1) is 5.56 Å². The van der Waals surface area contributed by atoms with Gasteiger partial charge >= 0.3 is 0 Å². The van der Waals surface area contributed by atoms with Crippen LogP contribution in [0.3, 0.4) is 0 Å². The van der Waals surface area contributed by atoms with Crippen molar-refractivity contribution in [3.8, 4) is 17.2 Å². The van der Waals surface area contributed by atoms with Gasteiger partial charge in [0.25, 0.3) is 0 Å². The third kappa shape index (κ3) is 2.18. The van der Waals surface area contributed by atoms with Crippen molar-refractivity contribution in [2.45, 2.75) is 0 Å². The fourth-order valence-corrected chi connectivity index (χ4v) is 2.84. The van der Waals surface area contributed by atoms with Gasteiger partial charge in [-0.25, -0.2) is 0 Å². The fourth-order valence-electron chi connectivity index (χ4n) is 1.48. The van der Waals surface area contributed by atoms with E-state index in [0.717, 1.165) is 20.1 Å². The molecule has 16 heavy (non-hydrogen) atoms. The van der Waals surface area contributed by atoms with Gasteiger partial charge in [-0.15, -0.1) is 0 Å². The molecule has 0 aliphatic rings. The molecular weight excluding hydrogens is 330 g/mol. The molecule has 0 aliphatic carbocycles. The first-order valence-corrected chi connectivity index (χ1v) is 6.25. The molecule has 0 amide bonds. The Balaban J connectivity index is 2.58. The highest BCUT2D eigenvalue weighted by atomic mass is 79.9. The summed E-state index contributed by atoms with van der Waals surface area (Å²) in [5, 5.41) is 8.95. The maximum absolute atomic E-state index is 8.95. The summed E-state index contributed by atoms with van der Waals surface area (Å²) >= 11 is 6.81. The molecular formula is C13H7Br2N. The molecule has 0 spiro atoms. The minimum atomic E-state index is 0.625. The lowest BCUT2D eigenvalue weighted by Gasteiger charge is -2.05. The second-order valence-electron chi connectivity index (χ2n) is 3.29. The van der Waals surface area contributed by atoms with Gasteiger partial charge in [-0.05, 0) is 55.1 Å². The van der Waals surface area contributed by atoms with E-state index in [2.05, 4.69) is 37.9 Å². The van der Waals surface area contributed by atoms with Crippen LogP contribution in [-0.4, -0.2) is 0 Å². The lowest BCUT2D eigenvalue weighted by molar-refractivity contribution is 1.44. The van der Waals surface area contributed by atoms with E-state index in [1.54, 1.807) is 0 Å². The number of hydrogen-bond donors (Lipinski definition) is 0. The highest BCUT2D eigenvalue weighted by Gasteiger charge is 2.07. The number of hydrogen-bond acceptors (Lipinski definition) is 1. The zero-order valence-electron chi connectivity index (χ0n) is 8.24. The molecule has 0 fully saturated rings. The van der Waals surface area contributed by atoms with Crippen molar-refractivity contribution in [2.75, 3.05) is 0 Å². The van der Waals surface area contributed by atoms with Crippen LogP contribution in [0.4, 0.5) is 0 Å². The highest BCUT2D eigenvalue weighted by molar-refractivity contribution is 9.11. The summed E-state index contributed by atoms with van der Waals surface area (Å²) in [6.07, 6.45) is 0. The Labute approximate surface area is 111 Å². The summed E-state index contributed by atoms with van der Waals surface area (Å²) < 4.78 is 1.62. The zero-order valence-corrected chi connectivity index (χ0v) is 11.4.